The van der Waals surface area contributed by atoms with Crippen LogP contribution in [0.4, 0.5) is 21.6 Å². The smallest absolute Gasteiger partial charge is 0.275 e. The van der Waals surface area contributed by atoms with Gasteiger partial charge in [-0.1, -0.05) is 24.3 Å². The van der Waals surface area contributed by atoms with Gasteiger partial charge in [0.05, 0.1) is 12.4 Å². The molecule has 6 heteroatoms. The van der Waals surface area contributed by atoms with Gasteiger partial charge in [-0.05, 0) is 43.2 Å². The molecule has 1 aliphatic rings. The fourth-order valence-electron chi connectivity index (χ4n) is 3.24. The van der Waals surface area contributed by atoms with Crippen LogP contribution < -0.4 is 10.2 Å². The fraction of sp³-hybridized carbons (Fsp3) is 0.150. The summed E-state index contributed by atoms with van der Waals surface area (Å²) in [6, 6.07) is 14.2. The van der Waals surface area contributed by atoms with E-state index in [1.165, 1.54) is 30.0 Å². The van der Waals surface area contributed by atoms with Crippen molar-refractivity contribution in [2.24, 2.45) is 0 Å². The molecule has 130 valence electrons. The number of hydrogen-bond acceptors (Lipinski definition) is 4. The van der Waals surface area contributed by atoms with E-state index in [0.717, 1.165) is 12.1 Å². The lowest BCUT2D eigenvalue weighted by Gasteiger charge is -2.23. The highest BCUT2D eigenvalue weighted by atomic mass is 19.1. The topological polar surface area (TPSA) is 58.1 Å². The lowest BCUT2D eigenvalue weighted by molar-refractivity contribution is 0.102. The van der Waals surface area contributed by atoms with Crippen molar-refractivity contribution < 1.29 is 9.18 Å². The Hall–Kier alpha value is -3.28. The Bertz CT molecular complexity index is 958. The maximum absolute atomic E-state index is 13.2. The number of carbonyl (C=O) groups is 1. The number of nitrogens with zero attached hydrogens (tertiary/aromatic N) is 3. The number of para-hydroxylation sites is 1. The zero-order chi connectivity index (χ0) is 18.1. The van der Waals surface area contributed by atoms with Gasteiger partial charge in [-0.3, -0.25) is 4.79 Å². The predicted molar refractivity (Wildman–Crippen MR) is 98.1 cm³/mol. The third-order valence-electron chi connectivity index (χ3n) is 4.41. The molecule has 0 spiro atoms. The number of halogens is 1. The van der Waals surface area contributed by atoms with Crippen LogP contribution in [0.15, 0.2) is 60.9 Å². The van der Waals surface area contributed by atoms with Crippen molar-refractivity contribution in [2.45, 2.75) is 19.4 Å². The van der Waals surface area contributed by atoms with E-state index in [2.05, 4.69) is 39.2 Å². The number of benzene rings is 2. The number of carbonyl (C=O) groups excluding carboxylic acids is 1. The highest BCUT2D eigenvalue weighted by molar-refractivity contribution is 6.02. The van der Waals surface area contributed by atoms with Crippen molar-refractivity contribution in [1.82, 2.24) is 9.97 Å². The summed E-state index contributed by atoms with van der Waals surface area (Å²) >= 11 is 0. The number of anilines is 3. The van der Waals surface area contributed by atoms with Gasteiger partial charge in [-0.25, -0.2) is 14.4 Å². The van der Waals surface area contributed by atoms with Crippen molar-refractivity contribution in [3.05, 3.63) is 78.0 Å². The van der Waals surface area contributed by atoms with E-state index in [1.807, 2.05) is 12.1 Å². The van der Waals surface area contributed by atoms with Gasteiger partial charge in [0, 0.05) is 17.4 Å². The molecule has 0 aliphatic carbocycles. The molecule has 2 aromatic carbocycles. The Balaban J connectivity index is 1.55. The van der Waals surface area contributed by atoms with Crippen LogP contribution in [0.25, 0.3) is 0 Å². The van der Waals surface area contributed by atoms with Crippen molar-refractivity contribution >= 4 is 23.1 Å². The van der Waals surface area contributed by atoms with Crippen molar-refractivity contribution in [2.75, 3.05) is 10.2 Å². The zero-order valence-electron chi connectivity index (χ0n) is 14.2. The largest absolute Gasteiger partial charge is 0.322 e. The van der Waals surface area contributed by atoms with Crippen molar-refractivity contribution in [3.8, 4) is 0 Å². The molecular formula is C20H17FN4O. The van der Waals surface area contributed by atoms with Crippen LogP contribution in [0.5, 0.6) is 0 Å². The minimum absolute atomic E-state index is 0.179. The molecule has 1 N–H and O–H groups in total. The molecule has 5 nitrogen and oxygen atoms in total. The molecule has 3 aromatic rings. The summed E-state index contributed by atoms with van der Waals surface area (Å²) in [6.07, 6.45) is 3.98. The Morgan fingerprint density at radius 3 is 2.77 bits per heavy atom. The average Bonchev–Trinajstić information content (AvgIpc) is 2.97. The van der Waals surface area contributed by atoms with Gasteiger partial charge in [-0.15, -0.1) is 0 Å². The molecule has 0 saturated carbocycles. The summed E-state index contributed by atoms with van der Waals surface area (Å²) in [6.45, 7) is 2.13. The summed E-state index contributed by atoms with van der Waals surface area (Å²) in [5.74, 6) is -0.139. The first-order valence-electron chi connectivity index (χ1n) is 8.38. The lowest BCUT2D eigenvalue weighted by Crippen LogP contribution is -2.25. The zero-order valence-corrected chi connectivity index (χ0v) is 14.2. The second kappa shape index (κ2) is 6.55. The quantitative estimate of drug-likeness (QED) is 0.779. The third kappa shape index (κ3) is 3.01. The second-order valence-electron chi connectivity index (χ2n) is 6.28. The maximum atomic E-state index is 13.2. The van der Waals surface area contributed by atoms with Gasteiger partial charge in [-0.2, -0.15) is 0 Å². The minimum Gasteiger partial charge on any atom is -0.322 e. The Morgan fingerprint density at radius 2 is 2.00 bits per heavy atom. The predicted octanol–water partition coefficient (Wildman–Crippen LogP) is 3.95. The van der Waals surface area contributed by atoms with Gasteiger partial charge >= 0.3 is 0 Å². The van der Waals surface area contributed by atoms with Crippen LogP contribution in [0.3, 0.4) is 0 Å². The van der Waals surface area contributed by atoms with Gasteiger partial charge in [0.25, 0.3) is 5.91 Å². The van der Waals surface area contributed by atoms with Gasteiger partial charge in [0.1, 0.15) is 11.5 Å². The van der Waals surface area contributed by atoms with Crippen LogP contribution in [-0.4, -0.2) is 21.9 Å². The van der Waals surface area contributed by atoms with Crippen LogP contribution in [0, 0.1) is 5.82 Å². The molecule has 26 heavy (non-hydrogen) atoms. The van der Waals surface area contributed by atoms with Gasteiger partial charge < -0.3 is 10.2 Å². The average molecular weight is 348 g/mol. The van der Waals surface area contributed by atoms with E-state index >= 15 is 0 Å². The van der Waals surface area contributed by atoms with Crippen molar-refractivity contribution in [1.29, 1.82) is 0 Å². The number of rotatable bonds is 3. The summed E-state index contributed by atoms with van der Waals surface area (Å²) in [5, 5.41) is 2.62. The SMILES string of the molecule is CC1Cc2ccccc2N1c1cnc(C(=O)Nc2cccc(F)c2)cn1. The number of nitrogens with one attached hydrogen (secondary N) is 1. The molecule has 2 heterocycles. The standard InChI is InChI=1S/C20H17FN4O/c1-13-9-14-5-2-3-8-18(14)25(13)19-12-22-17(11-23-19)20(26)24-16-7-4-6-15(21)10-16/h2-8,10-13H,9H2,1H3,(H,24,26). The molecule has 0 bridgehead atoms. The Kier molecular flexibility index (Phi) is 4.08. The minimum atomic E-state index is -0.426. The number of fused-ring (bicyclic) bond motifs is 1. The van der Waals surface area contributed by atoms with E-state index in [-0.39, 0.29) is 11.7 Å². The molecule has 0 radical (unpaired) electrons. The molecule has 0 saturated heterocycles. The summed E-state index contributed by atoms with van der Waals surface area (Å²) in [7, 11) is 0. The van der Waals surface area contributed by atoms with E-state index in [0.29, 0.717) is 11.5 Å². The summed E-state index contributed by atoms with van der Waals surface area (Å²) in [5.41, 5.74) is 2.95. The highest BCUT2D eigenvalue weighted by Crippen LogP contribution is 2.36. The molecule has 1 amide bonds. The molecular weight excluding hydrogens is 331 g/mol. The van der Waals surface area contributed by atoms with E-state index in [9.17, 15) is 9.18 Å². The number of aromatic nitrogens is 2. The Morgan fingerprint density at radius 1 is 1.15 bits per heavy atom. The summed E-state index contributed by atoms with van der Waals surface area (Å²) < 4.78 is 13.2. The fourth-order valence-corrected chi connectivity index (χ4v) is 3.24. The van der Waals surface area contributed by atoms with Crippen LogP contribution >= 0.6 is 0 Å². The first-order valence-corrected chi connectivity index (χ1v) is 8.38. The van der Waals surface area contributed by atoms with Crippen LogP contribution in [-0.2, 0) is 6.42 Å². The molecule has 1 aliphatic heterocycles. The first-order chi connectivity index (χ1) is 12.6. The number of hydrogen-bond donors (Lipinski definition) is 1. The van der Waals surface area contributed by atoms with E-state index in [4.69, 9.17) is 0 Å². The van der Waals surface area contributed by atoms with E-state index < -0.39 is 11.7 Å². The Labute approximate surface area is 150 Å². The van der Waals surface area contributed by atoms with Gasteiger partial charge in [0.15, 0.2) is 5.82 Å². The third-order valence-corrected chi connectivity index (χ3v) is 4.41. The lowest BCUT2D eigenvalue weighted by atomic mass is 10.1. The molecule has 1 unspecified atom stereocenters. The van der Waals surface area contributed by atoms with Crippen LogP contribution in [0.2, 0.25) is 0 Å². The second-order valence-corrected chi connectivity index (χ2v) is 6.28. The normalized spacial score (nSPS) is 15.6. The summed E-state index contributed by atoms with van der Waals surface area (Å²) in [4.78, 5) is 23.1. The molecule has 0 fully saturated rings. The molecule has 4 rings (SSSR count). The van der Waals surface area contributed by atoms with Crippen LogP contribution in [0.1, 0.15) is 23.0 Å². The van der Waals surface area contributed by atoms with Gasteiger partial charge in [0.2, 0.25) is 0 Å². The maximum Gasteiger partial charge on any atom is 0.275 e. The highest BCUT2D eigenvalue weighted by Gasteiger charge is 2.27. The molecule has 1 aromatic heterocycles. The first kappa shape index (κ1) is 16.2. The number of amides is 1. The molecule has 1 atom stereocenters. The monoisotopic (exact) mass is 348 g/mol. The van der Waals surface area contributed by atoms with E-state index in [1.54, 1.807) is 12.3 Å². The van der Waals surface area contributed by atoms with Crippen molar-refractivity contribution in [3.63, 3.8) is 0 Å².